The molecule has 4 nitrogen and oxygen atoms in total. The minimum absolute atomic E-state index is 0.116. The Hall–Kier alpha value is -1.42. The Labute approximate surface area is 104 Å². The van der Waals surface area contributed by atoms with E-state index in [1.165, 1.54) is 13.2 Å². The van der Waals surface area contributed by atoms with Crippen molar-refractivity contribution >= 4 is 17.6 Å². The molecule has 0 atom stereocenters. The zero-order valence-electron chi connectivity index (χ0n) is 9.58. The van der Waals surface area contributed by atoms with Gasteiger partial charge in [0, 0.05) is 16.1 Å². The average molecular weight is 257 g/mol. The number of carbonyl (C=O) groups is 1. The van der Waals surface area contributed by atoms with E-state index in [-0.39, 0.29) is 11.5 Å². The van der Waals surface area contributed by atoms with Crippen LogP contribution in [0.2, 0.25) is 5.02 Å². The van der Waals surface area contributed by atoms with Crippen molar-refractivity contribution in [1.82, 2.24) is 0 Å². The quantitative estimate of drug-likeness (QED) is 0.872. The Morgan fingerprint density at radius 1 is 1.53 bits per heavy atom. The molecule has 1 aliphatic carbocycles. The lowest BCUT2D eigenvalue weighted by molar-refractivity contribution is -0.140. The molecule has 0 spiro atoms. The monoisotopic (exact) mass is 256 g/mol. The number of aliphatic carboxylic acids is 1. The van der Waals surface area contributed by atoms with E-state index in [4.69, 9.17) is 16.3 Å². The van der Waals surface area contributed by atoms with Crippen LogP contribution in [0.3, 0.4) is 0 Å². The molecule has 5 heteroatoms. The molecule has 0 heterocycles. The highest BCUT2D eigenvalue weighted by Gasteiger charge is 2.54. The number of halogens is 1. The molecule has 0 saturated heterocycles. The summed E-state index contributed by atoms with van der Waals surface area (Å²) in [4.78, 5) is 11.2. The smallest absolute Gasteiger partial charge is 0.314 e. The molecule has 0 unspecified atom stereocenters. The van der Waals surface area contributed by atoms with Gasteiger partial charge in [-0.25, -0.2) is 0 Å². The van der Waals surface area contributed by atoms with Crippen LogP contribution in [0.25, 0.3) is 0 Å². The lowest BCUT2D eigenvalue weighted by Crippen LogP contribution is -2.20. The van der Waals surface area contributed by atoms with E-state index in [0.717, 1.165) is 0 Å². The van der Waals surface area contributed by atoms with E-state index in [0.29, 0.717) is 29.0 Å². The molecule has 2 N–H and O–H groups in total. The maximum absolute atomic E-state index is 11.2. The molecule has 0 bridgehead atoms. The van der Waals surface area contributed by atoms with E-state index >= 15 is 0 Å². The molecule has 0 amide bonds. The third-order valence-corrected chi connectivity index (χ3v) is 3.71. The summed E-state index contributed by atoms with van der Waals surface area (Å²) in [6, 6.07) is 1.52. The maximum atomic E-state index is 11.2. The van der Waals surface area contributed by atoms with E-state index in [1.807, 2.05) is 0 Å². The van der Waals surface area contributed by atoms with Gasteiger partial charge in [-0.3, -0.25) is 4.79 Å². The van der Waals surface area contributed by atoms with Crippen LogP contribution in [0.4, 0.5) is 0 Å². The van der Waals surface area contributed by atoms with Crippen molar-refractivity contribution in [3.8, 4) is 11.5 Å². The molecule has 92 valence electrons. The molecule has 1 aromatic rings. The van der Waals surface area contributed by atoms with Gasteiger partial charge >= 0.3 is 5.97 Å². The number of methoxy groups -OCH3 is 1. The number of phenolic OH excluding ortho intramolecular Hbond substituents is 1. The van der Waals surface area contributed by atoms with E-state index in [9.17, 15) is 15.0 Å². The molecular formula is C12H13ClO4. The zero-order valence-corrected chi connectivity index (χ0v) is 10.3. The van der Waals surface area contributed by atoms with Gasteiger partial charge in [0.05, 0.1) is 12.5 Å². The van der Waals surface area contributed by atoms with Gasteiger partial charge < -0.3 is 14.9 Å². The number of rotatable bonds is 3. The van der Waals surface area contributed by atoms with Gasteiger partial charge in [-0.1, -0.05) is 11.6 Å². The van der Waals surface area contributed by atoms with Crippen LogP contribution in [-0.2, 0) is 10.2 Å². The number of aromatic hydroxyl groups is 1. The number of carboxylic acids is 1. The van der Waals surface area contributed by atoms with Gasteiger partial charge in [0.2, 0.25) is 0 Å². The zero-order chi connectivity index (χ0) is 12.8. The number of hydrogen-bond acceptors (Lipinski definition) is 3. The summed E-state index contributed by atoms with van der Waals surface area (Å²) >= 11 is 6.02. The molecule has 17 heavy (non-hydrogen) atoms. The third-order valence-electron chi connectivity index (χ3n) is 3.32. The molecular weight excluding hydrogens is 244 g/mol. The van der Waals surface area contributed by atoms with Crippen molar-refractivity contribution < 1.29 is 19.7 Å². The molecule has 0 aliphatic heterocycles. The van der Waals surface area contributed by atoms with Gasteiger partial charge in [0.1, 0.15) is 0 Å². The topological polar surface area (TPSA) is 66.8 Å². The minimum atomic E-state index is -0.991. The summed E-state index contributed by atoms with van der Waals surface area (Å²) in [5.74, 6) is -0.802. The molecule has 2 rings (SSSR count). The van der Waals surface area contributed by atoms with Crippen LogP contribution < -0.4 is 4.74 Å². The lowest BCUT2D eigenvalue weighted by atomic mass is 9.93. The summed E-state index contributed by atoms with van der Waals surface area (Å²) in [6.45, 7) is 1.71. The highest BCUT2D eigenvalue weighted by Crippen LogP contribution is 2.54. The van der Waals surface area contributed by atoms with Crippen LogP contribution in [0.5, 0.6) is 11.5 Å². The normalized spacial score (nSPS) is 16.6. The van der Waals surface area contributed by atoms with Crippen LogP contribution in [0, 0.1) is 6.92 Å². The predicted octanol–water partition coefficient (Wildman–Crippen LogP) is 2.48. The summed E-state index contributed by atoms with van der Waals surface area (Å²) in [5, 5.41) is 19.7. The minimum Gasteiger partial charge on any atom is -0.504 e. The first-order chi connectivity index (χ1) is 7.94. The summed E-state index contributed by atoms with van der Waals surface area (Å²) < 4.78 is 5.07. The lowest BCUT2D eigenvalue weighted by Gasteiger charge is -2.17. The summed E-state index contributed by atoms with van der Waals surface area (Å²) in [6.07, 6.45) is 1.02. The standard InChI is InChI=1S/C12H13ClO4/c1-6-8(13)5-7(9(14)10(6)17-2)12(3-4-12)11(15)16/h5,14H,3-4H2,1-2H3,(H,15,16). The first kappa shape index (κ1) is 12.0. The second-order valence-electron chi connectivity index (χ2n) is 4.30. The second-order valence-corrected chi connectivity index (χ2v) is 4.71. The molecule has 1 aromatic carbocycles. The number of phenols is 1. The Morgan fingerprint density at radius 2 is 2.12 bits per heavy atom. The van der Waals surface area contributed by atoms with Gasteiger partial charge in [-0.2, -0.15) is 0 Å². The van der Waals surface area contributed by atoms with Crippen molar-refractivity contribution in [3.05, 3.63) is 22.2 Å². The first-order valence-electron chi connectivity index (χ1n) is 5.24. The summed E-state index contributed by atoms with van der Waals surface area (Å²) in [7, 11) is 1.42. The van der Waals surface area contributed by atoms with Crippen molar-refractivity contribution in [1.29, 1.82) is 0 Å². The fraction of sp³-hybridized carbons (Fsp3) is 0.417. The molecule has 1 aliphatic rings. The van der Waals surface area contributed by atoms with E-state index < -0.39 is 11.4 Å². The average Bonchev–Trinajstić information content (AvgIpc) is 3.05. The first-order valence-corrected chi connectivity index (χ1v) is 5.62. The van der Waals surface area contributed by atoms with Crippen LogP contribution in [0.15, 0.2) is 6.07 Å². The van der Waals surface area contributed by atoms with Gasteiger partial charge in [-0.15, -0.1) is 0 Å². The van der Waals surface area contributed by atoms with Crippen LogP contribution >= 0.6 is 11.6 Å². The number of hydrogen-bond donors (Lipinski definition) is 2. The van der Waals surface area contributed by atoms with Crippen LogP contribution in [-0.4, -0.2) is 23.3 Å². The van der Waals surface area contributed by atoms with Crippen molar-refractivity contribution in [2.45, 2.75) is 25.2 Å². The molecule has 0 aromatic heterocycles. The molecule has 1 saturated carbocycles. The highest BCUT2D eigenvalue weighted by molar-refractivity contribution is 6.31. The van der Waals surface area contributed by atoms with E-state index in [2.05, 4.69) is 0 Å². The predicted molar refractivity (Wildman–Crippen MR) is 63.0 cm³/mol. The Morgan fingerprint density at radius 3 is 2.53 bits per heavy atom. The molecule has 0 radical (unpaired) electrons. The number of benzene rings is 1. The van der Waals surface area contributed by atoms with Gasteiger partial charge in [-0.05, 0) is 25.8 Å². The highest BCUT2D eigenvalue weighted by atomic mass is 35.5. The van der Waals surface area contributed by atoms with Gasteiger partial charge in [0.25, 0.3) is 0 Å². The van der Waals surface area contributed by atoms with Crippen molar-refractivity contribution in [3.63, 3.8) is 0 Å². The maximum Gasteiger partial charge on any atom is 0.314 e. The Kier molecular flexibility index (Phi) is 2.70. The largest absolute Gasteiger partial charge is 0.504 e. The molecule has 1 fully saturated rings. The third kappa shape index (κ3) is 1.63. The fourth-order valence-corrected chi connectivity index (χ4v) is 2.24. The summed E-state index contributed by atoms with van der Waals surface area (Å²) in [5.41, 5.74) is -0.0385. The second kappa shape index (κ2) is 3.81. The van der Waals surface area contributed by atoms with Crippen molar-refractivity contribution in [2.75, 3.05) is 7.11 Å². The Bertz CT molecular complexity index is 492. The van der Waals surface area contributed by atoms with Crippen LogP contribution in [0.1, 0.15) is 24.0 Å². The Balaban J connectivity index is 2.64. The van der Waals surface area contributed by atoms with E-state index in [1.54, 1.807) is 6.92 Å². The number of ether oxygens (including phenoxy) is 1. The fourth-order valence-electron chi connectivity index (χ4n) is 2.05. The van der Waals surface area contributed by atoms with Gasteiger partial charge in [0.15, 0.2) is 11.5 Å². The SMILES string of the molecule is COc1c(C)c(Cl)cc(C2(C(=O)O)CC2)c1O. The number of carboxylic acid groups (broad SMARTS) is 1. The van der Waals surface area contributed by atoms with Crippen molar-refractivity contribution in [2.24, 2.45) is 0 Å².